The predicted molar refractivity (Wildman–Crippen MR) is 286 cm³/mol. The number of nitrogens with zero attached hydrogens (tertiary/aromatic N) is 8. The van der Waals surface area contributed by atoms with E-state index in [2.05, 4.69) is 41.2 Å². The fourth-order valence-electron chi connectivity index (χ4n) is 6.88. The molecule has 5 rings (SSSR count). The molecule has 29 heteroatoms. The highest BCUT2D eigenvalue weighted by Gasteiger charge is 2.35. The van der Waals surface area contributed by atoms with Crippen molar-refractivity contribution in [3.05, 3.63) is 126 Å². The minimum atomic E-state index is -2.15. The molecule has 0 spiro atoms. The molecule has 0 aliphatic rings. The Labute approximate surface area is 433 Å². The van der Waals surface area contributed by atoms with Crippen LogP contribution in [-0.4, -0.2) is 126 Å². The summed E-state index contributed by atoms with van der Waals surface area (Å²) in [4.78, 5) is 109. The number of guanidine groups is 4. The minimum absolute atomic E-state index is 0.109. The molecule has 1 aromatic heterocycles. The molecule has 0 bridgehead atoms. The molecule has 5 aromatic rings. The van der Waals surface area contributed by atoms with Crippen molar-refractivity contribution >= 4 is 87.8 Å². The molecule has 76 heavy (non-hydrogen) atoms. The maximum absolute atomic E-state index is 14.6. The maximum atomic E-state index is 14.6. The van der Waals surface area contributed by atoms with Gasteiger partial charge in [-0.3, -0.25) is 28.8 Å². The van der Waals surface area contributed by atoms with Crippen LogP contribution in [0.5, 0.6) is 0 Å². The Kier molecular flexibility index (Phi) is 19.4. The highest BCUT2D eigenvalue weighted by Crippen LogP contribution is 2.29. The van der Waals surface area contributed by atoms with Crippen LogP contribution in [0.3, 0.4) is 0 Å². The van der Waals surface area contributed by atoms with Gasteiger partial charge >= 0.3 is 0 Å². The topological polar surface area (TPSA) is 499 Å². The Hall–Kier alpha value is -10.6. The molecule has 1 heterocycles. The largest absolute Gasteiger partial charge is 0.378 e. The van der Waals surface area contributed by atoms with Crippen LogP contribution in [0.4, 0.5) is 11.5 Å². The van der Waals surface area contributed by atoms with Gasteiger partial charge in [0, 0.05) is 37.3 Å². The van der Waals surface area contributed by atoms with E-state index in [1.165, 1.54) is 17.0 Å². The zero-order chi connectivity index (χ0) is 55.6. The van der Waals surface area contributed by atoms with Crippen molar-refractivity contribution in [2.24, 2.45) is 71.6 Å². The standard InChI is InChI=1S/C47H58N22O7/c1-68(2)27-21-19-24(20-22-27)12-11-23-69(37-28-17-9-10-18-29(28)57-32(59-37)26-15-7-4-8-16-26)43(76)42(75)58-30(25-13-5-3-6-14-25)38(71)61-34(65-45(51)52)40(73)63-36(67-47(55)56)41(74)62-35(66-46(53)54)39(72)60-33(31(48)70)64-44(49)50/h3-22,30,33-36,43,76H,23H2,1-2H3,(H2,48,70)(H,58,75)(H,60,72)(H,61,71)(H,62,74)(H,63,73)(H4,49,50,64)(H4,51,52,65)(H4,53,54,66)(H4,55,56,67). The molecular formula is C47H58N22O7. The van der Waals surface area contributed by atoms with Crippen molar-refractivity contribution in [1.29, 1.82) is 0 Å². The summed E-state index contributed by atoms with van der Waals surface area (Å²) in [7, 11) is 3.83. The Bertz CT molecular complexity index is 3030. The molecule has 0 aliphatic heterocycles. The van der Waals surface area contributed by atoms with Gasteiger partial charge in [-0.15, -0.1) is 0 Å². The van der Waals surface area contributed by atoms with Crippen LogP contribution in [0, 0.1) is 0 Å². The van der Waals surface area contributed by atoms with Crippen molar-refractivity contribution in [2.75, 3.05) is 30.4 Å². The number of aliphatic hydroxyl groups excluding tert-OH is 1. The third-order valence-corrected chi connectivity index (χ3v) is 10.4. The van der Waals surface area contributed by atoms with Crippen LogP contribution in [0.2, 0.25) is 0 Å². The van der Waals surface area contributed by atoms with E-state index in [4.69, 9.17) is 61.6 Å². The first kappa shape index (κ1) is 56.3. The van der Waals surface area contributed by atoms with Gasteiger partial charge in [0.15, 0.2) is 29.7 Å². The molecule has 6 atom stereocenters. The monoisotopic (exact) mass is 1040 g/mol. The van der Waals surface area contributed by atoms with Crippen LogP contribution < -0.4 is 88.0 Å². The summed E-state index contributed by atoms with van der Waals surface area (Å²) in [6.07, 6.45) is -6.74. The molecule has 29 nitrogen and oxygen atoms in total. The van der Waals surface area contributed by atoms with E-state index < -0.39 is 96.2 Å². The van der Waals surface area contributed by atoms with Gasteiger partial charge in [0.1, 0.15) is 11.9 Å². The number of fused-ring (bicyclic) bond motifs is 1. The zero-order valence-electron chi connectivity index (χ0n) is 40.9. The molecule has 0 aliphatic carbocycles. The number of benzene rings is 4. The third-order valence-electron chi connectivity index (χ3n) is 10.4. The number of nitrogens with one attached hydrogen (secondary N) is 5. The SMILES string of the molecule is CN(C)c1ccc(C=CCN(c2nc(-c3ccccc3)nc3ccccc23)C(O)C(=O)NC(C(=O)NC(N=C(N)N)C(=O)NC(N=C(N)N)C(=O)NC(N=C(N)N)C(=O)NC(N=C(N)N)C(N)=O)c2ccccc2)cc1. The lowest BCUT2D eigenvalue weighted by molar-refractivity contribution is -0.136. The van der Waals surface area contributed by atoms with Crippen LogP contribution in [-0.2, 0) is 28.8 Å². The van der Waals surface area contributed by atoms with Crippen LogP contribution >= 0.6 is 0 Å². The Morgan fingerprint density at radius 2 is 1.01 bits per heavy atom. The number of aliphatic imine (C=N–C) groups is 4. The fourth-order valence-corrected chi connectivity index (χ4v) is 6.88. The number of anilines is 2. The highest BCUT2D eigenvalue weighted by atomic mass is 16.3. The zero-order valence-corrected chi connectivity index (χ0v) is 40.9. The number of rotatable bonds is 23. The number of amides is 6. The molecule has 4 aromatic carbocycles. The molecule has 0 radical (unpaired) electrons. The molecule has 0 fully saturated rings. The van der Waals surface area contributed by atoms with Crippen LogP contribution in [0.15, 0.2) is 135 Å². The van der Waals surface area contributed by atoms with Crippen molar-refractivity contribution in [3.63, 3.8) is 0 Å². The fraction of sp³-hybridized carbons (Fsp3) is 0.191. The number of carbonyl (C=O) groups is 6. The van der Waals surface area contributed by atoms with E-state index in [0.717, 1.165) is 11.3 Å². The van der Waals surface area contributed by atoms with Crippen molar-refractivity contribution in [2.45, 2.75) is 36.9 Å². The number of primary amides is 1. The van der Waals surface area contributed by atoms with E-state index in [1.807, 2.05) is 66.8 Å². The van der Waals surface area contributed by atoms with Crippen LogP contribution in [0.25, 0.3) is 28.4 Å². The smallest absolute Gasteiger partial charge is 0.271 e. The van der Waals surface area contributed by atoms with Gasteiger partial charge in [0.2, 0.25) is 36.8 Å². The van der Waals surface area contributed by atoms with E-state index in [0.29, 0.717) is 16.5 Å². The predicted octanol–water partition coefficient (Wildman–Crippen LogP) is -4.59. The number of carbonyl (C=O) groups excluding carboxylic acids is 6. The van der Waals surface area contributed by atoms with E-state index in [-0.39, 0.29) is 23.8 Å². The number of hydrogen-bond acceptors (Lipinski definition) is 15. The summed E-state index contributed by atoms with van der Waals surface area (Å²) in [6.45, 7) is -0.109. The molecule has 24 N–H and O–H groups in total. The minimum Gasteiger partial charge on any atom is -0.378 e. The summed E-state index contributed by atoms with van der Waals surface area (Å²) in [5, 5.41) is 23.7. The highest BCUT2D eigenvalue weighted by molar-refractivity contribution is 6.00. The summed E-state index contributed by atoms with van der Waals surface area (Å²) in [5.41, 5.74) is 52.4. The quantitative estimate of drug-likeness (QED) is 0.0166. The van der Waals surface area contributed by atoms with Crippen molar-refractivity contribution < 1.29 is 33.9 Å². The first-order valence-corrected chi connectivity index (χ1v) is 22.5. The van der Waals surface area contributed by atoms with Gasteiger partial charge in [-0.2, -0.15) is 0 Å². The molecule has 6 unspecified atom stereocenters. The van der Waals surface area contributed by atoms with E-state index in [1.54, 1.807) is 66.7 Å². The van der Waals surface area contributed by atoms with Gasteiger partial charge in [-0.25, -0.2) is 29.9 Å². The van der Waals surface area contributed by atoms with E-state index in [9.17, 15) is 33.9 Å². The molecule has 6 amide bonds. The van der Waals surface area contributed by atoms with E-state index >= 15 is 0 Å². The second-order valence-electron chi connectivity index (χ2n) is 16.3. The van der Waals surface area contributed by atoms with Gasteiger partial charge in [0.25, 0.3) is 29.5 Å². The summed E-state index contributed by atoms with van der Waals surface area (Å²) in [6, 6.07) is 29.7. The normalized spacial score (nSPS) is 13.1. The Morgan fingerprint density at radius 1 is 0.553 bits per heavy atom. The second kappa shape index (κ2) is 26.2. The summed E-state index contributed by atoms with van der Waals surface area (Å²) in [5.74, 6) is -10.00. The average molecular weight is 1040 g/mol. The first-order valence-electron chi connectivity index (χ1n) is 22.5. The molecule has 398 valence electrons. The third kappa shape index (κ3) is 16.0. The van der Waals surface area contributed by atoms with Gasteiger partial charge < -0.3 is 93.1 Å². The van der Waals surface area contributed by atoms with Crippen LogP contribution in [0.1, 0.15) is 17.2 Å². The molecular weight excluding hydrogens is 985 g/mol. The second-order valence-corrected chi connectivity index (χ2v) is 16.3. The Balaban J connectivity index is 1.47. The number of nitrogens with two attached hydrogens (primary N) is 9. The lowest BCUT2D eigenvalue weighted by Gasteiger charge is -2.30. The Morgan fingerprint density at radius 3 is 1.51 bits per heavy atom. The first-order chi connectivity index (χ1) is 36.1. The number of aliphatic hydroxyl groups is 1. The number of para-hydroxylation sites is 1. The van der Waals surface area contributed by atoms with Crippen molar-refractivity contribution in [3.8, 4) is 11.4 Å². The summed E-state index contributed by atoms with van der Waals surface area (Å²) >= 11 is 0. The molecule has 0 saturated heterocycles. The number of hydrogen-bond donors (Lipinski definition) is 15. The van der Waals surface area contributed by atoms with Gasteiger partial charge in [-0.05, 0) is 35.4 Å². The lowest BCUT2D eigenvalue weighted by atomic mass is 10.1. The van der Waals surface area contributed by atoms with Crippen molar-refractivity contribution in [1.82, 2.24) is 36.6 Å². The number of aromatic nitrogens is 2. The average Bonchev–Trinajstić information content (AvgIpc) is 3.37. The lowest BCUT2D eigenvalue weighted by Crippen LogP contribution is -2.58. The molecule has 0 saturated carbocycles. The van der Waals surface area contributed by atoms with Gasteiger partial charge in [-0.1, -0.05) is 97.1 Å². The summed E-state index contributed by atoms with van der Waals surface area (Å²) < 4.78 is 0. The van der Waals surface area contributed by atoms with Gasteiger partial charge in [0.05, 0.1) is 5.52 Å². The maximum Gasteiger partial charge on any atom is 0.271 e.